The summed E-state index contributed by atoms with van der Waals surface area (Å²) in [5, 5.41) is -0.668. The summed E-state index contributed by atoms with van der Waals surface area (Å²) >= 11 is 5.86. The van der Waals surface area contributed by atoms with Crippen molar-refractivity contribution in [3.05, 3.63) is 24.3 Å². The Morgan fingerprint density at radius 1 is 1.44 bits per heavy atom. The molecule has 1 rings (SSSR count). The highest BCUT2D eigenvalue weighted by atomic mass is 35.5. The maximum Gasteiger partial charge on any atom is 0.178 e. The van der Waals surface area contributed by atoms with E-state index in [1.807, 2.05) is 24.3 Å². The fourth-order valence-corrected chi connectivity index (χ4v) is 0.906. The van der Waals surface area contributed by atoms with Crippen molar-refractivity contribution in [3.63, 3.8) is 0 Å². The van der Waals surface area contributed by atoms with Crippen LogP contribution in [0.25, 0.3) is 0 Å². The number of rotatable bonds is 1. The molecule has 9 heavy (non-hydrogen) atoms. The van der Waals surface area contributed by atoms with E-state index in [1.54, 1.807) is 7.11 Å². The molecule has 0 heterocycles. The van der Waals surface area contributed by atoms with Crippen LogP contribution in [0.5, 0.6) is 0 Å². The van der Waals surface area contributed by atoms with Crippen molar-refractivity contribution < 1.29 is 4.74 Å². The molecular weight excluding hydrogens is 136 g/mol. The van der Waals surface area contributed by atoms with Gasteiger partial charge < -0.3 is 4.74 Å². The van der Waals surface area contributed by atoms with Crippen molar-refractivity contribution in [2.75, 3.05) is 7.11 Å². The Labute approximate surface area is 60.0 Å². The maximum absolute atomic E-state index is 5.86. The number of halogens is 1. The molecule has 0 bridgehead atoms. The maximum atomic E-state index is 5.86. The minimum atomic E-state index is -0.668. The van der Waals surface area contributed by atoms with Gasteiger partial charge in [0.1, 0.15) is 0 Å². The SMILES string of the molecule is COC1(Cl)C=CCC=C1. The molecule has 0 aromatic rings. The van der Waals surface area contributed by atoms with Gasteiger partial charge in [-0.25, -0.2) is 0 Å². The normalized spacial score (nSPS) is 22.4. The standard InChI is InChI=1S/C7H9ClO/c1-9-7(8)5-3-2-4-6-7/h3-6H,2H2,1H3. The molecule has 0 aliphatic heterocycles. The van der Waals surface area contributed by atoms with E-state index < -0.39 is 5.06 Å². The van der Waals surface area contributed by atoms with Gasteiger partial charge in [0.2, 0.25) is 0 Å². The summed E-state index contributed by atoms with van der Waals surface area (Å²) in [6.45, 7) is 0. The molecule has 1 aliphatic carbocycles. The Morgan fingerprint density at radius 2 is 2.00 bits per heavy atom. The number of hydrogen-bond acceptors (Lipinski definition) is 1. The lowest BCUT2D eigenvalue weighted by Crippen LogP contribution is -2.18. The van der Waals surface area contributed by atoms with Crippen LogP contribution in [0.3, 0.4) is 0 Å². The van der Waals surface area contributed by atoms with Gasteiger partial charge in [-0.2, -0.15) is 0 Å². The van der Waals surface area contributed by atoms with Gasteiger partial charge in [-0.1, -0.05) is 23.8 Å². The summed E-state index contributed by atoms with van der Waals surface area (Å²) in [6, 6.07) is 0. The summed E-state index contributed by atoms with van der Waals surface area (Å²) < 4.78 is 4.97. The lowest BCUT2D eigenvalue weighted by atomic mass is 10.2. The van der Waals surface area contributed by atoms with Crippen LogP contribution in [0, 0.1) is 0 Å². The molecule has 2 heteroatoms. The topological polar surface area (TPSA) is 9.23 Å². The van der Waals surface area contributed by atoms with Crippen LogP contribution >= 0.6 is 11.6 Å². The molecular formula is C7H9ClO. The van der Waals surface area contributed by atoms with E-state index >= 15 is 0 Å². The van der Waals surface area contributed by atoms with Gasteiger partial charge in [0.05, 0.1) is 0 Å². The Bertz CT molecular complexity index is 137. The van der Waals surface area contributed by atoms with Gasteiger partial charge in [-0.3, -0.25) is 0 Å². The third-order valence-corrected chi connectivity index (χ3v) is 1.68. The fourth-order valence-electron chi connectivity index (χ4n) is 0.728. The number of alkyl halides is 1. The average Bonchev–Trinajstić information content (AvgIpc) is 1.90. The van der Waals surface area contributed by atoms with E-state index in [4.69, 9.17) is 16.3 Å². The molecule has 1 aliphatic rings. The van der Waals surface area contributed by atoms with Crippen LogP contribution in [0.4, 0.5) is 0 Å². The van der Waals surface area contributed by atoms with Gasteiger partial charge >= 0.3 is 0 Å². The van der Waals surface area contributed by atoms with Gasteiger partial charge in [-0.15, -0.1) is 0 Å². The molecule has 0 fully saturated rings. The zero-order valence-corrected chi connectivity index (χ0v) is 6.06. The first-order valence-corrected chi connectivity index (χ1v) is 3.24. The second-order valence-electron chi connectivity index (χ2n) is 1.94. The molecule has 0 amide bonds. The molecule has 0 radical (unpaired) electrons. The summed E-state index contributed by atoms with van der Waals surface area (Å²) in [5.41, 5.74) is 0. The van der Waals surface area contributed by atoms with E-state index in [0.29, 0.717) is 0 Å². The largest absolute Gasteiger partial charge is 0.356 e. The first-order chi connectivity index (χ1) is 4.27. The Hall–Kier alpha value is -0.270. The van der Waals surface area contributed by atoms with Crippen molar-refractivity contribution in [2.24, 2.45) is 0 Å². The van der Waals surface area contributed by atoms with Crippen LogP contribution < -0.4 is 0 Å². The summed E-state index contributed by atoms with van der Waals surface area (Å²) in [5.74, 6) is 0. The van der Waals surface area contributed by atoms with Crippen LogP contribution in [0.15, 0.2) is 24.3 Å². The van der Waals surface area contributed by atoms with Gasteiger partial charge in [0.25, 0.3) is 0 Å². The molecule has 0 aromatic heterocycles. The van der Waals surface area contributed by atoms with Crippen LogP contribution in [0.2, 0.25) is 0 Å². The predicted molar refractivity (Wildman–Crippen MR) is 38.5 cm³/mol. The minimum absolute atomic E-state index is 0.668. The molecule has 0 unspecified atom stereocenters. The molecule has 0 N–H and O–H groups in total. The number of hydrogen-bond donors (Lipinski definition) is 0. The highest BCUT2D eigenvalue weighted by molar-refractivity contribution is 6.25. The molecule has 0 saturated carbocycles. The number of ether oxygens (including phenoxy) is 1. The monoisotopic (exact) mass is 144 g/mol. The van der Waals surface area contributed by atoms with Crippen LogP contribution in [-0.2, 0) is 4.74 Å². The molecule has 0 aromatic carbocycles. The summed E-state index contributed by atoms with van der Waals surface area (Å²) in [7, 11) is 1.59. The fraction of sp³-hybridized carbons (Fsp3) is 0.429. The van der Waals surface area contributed by atoms with Crippen LogP contribution in [0.1, 0.15) is 6.42 Å². The Balaban J connectivity index is 2.67. The summed E-state index contributed by atoms with van der Waals surface area (Å²) in [6.07, 6.45) is 8.61. The van der Waals surface area contributed by atoms with Crippen molar-refractivity contribution in [1.82, 2.24) is 0 Å². The average molecular weight is 145 g/mol. The highest BCUT2D eigenvalue weighted by Crippen LogP contribution is 2.23. The van der Waals surface area contributed by atoms with Gasteiger partial charge in [0.15, 0.2) is 5.06 Å². The van der Waals surface area contributed by atoms with Gasteiger partial charge in [0, 0.05) is 7.11 Å². The third kappa shape index (κ3) is 1.57. The lowest BCUT2D eigenvalue weighted by Gasteiger charge is -2.18. The second kappa shape index (κ2) is 2.54. The second-order valence-corrected chi connectivity index (χ2v) is 2.53. The Morgan fingerprint density at radius 3 is 2.33 bits per heavy atom. The van der Waals surface area contributed by atoms with E-state index in [0.717, 1.165) is 6.42 Å². The summed E-state index contributed by atoms with van der Waals surface area (Å²) in [4.78, 5) is 0. The smallest absolute Gasteiger partial charge is 0.178 e. The minimum Gasteiger partial charge on any atom is -0.356 e. The Kier molecular flexibility index (Phi) is 1.94. The first-order valence-electron chi connectivity index (χ1n) is 2.86. The van der Waals surface area contributed by atoms with E-state index in [2.05, 4.69) is 0 Å². The lowest BCUT2D eigenvalue weighted by molar-refractivity contribution is 0.142. The van der Waals surface area contributed by atoms with Crippen molar-refractivity contribution >= 4 is 11.6 Å². The van der Waals surface area contributed by atoms with E-state index in [-0.39, 0.29) is 0 Å². The molecule has 50 valence electrons. The van der Waals surface area contributed by atoms with E-state index in [9.17, 15) is 0 Å². The molecule has 0 saturated heterocycles. The van der Waals surface area contributed by atoms with Crippen molar-refractivity contribution in [3.8, 4) is 0 Å². The van der Waals surface area contributed by atoms with Crippen LogP contribution in [-0.4, -0.2) is 12.2 Å². The first kappa shape index (κ1) is 6.84. The van der Waals surface area contributed by atoms with E-state index in [1.165, 1.54) is 0 Å². The highest BCUT2D eigenvalue weighted by Gasteiger charge is 2.19. The zero-order valence-electron chi connectivity index (χ0n) is 5.30. The van der Waals surface area contributed by atoms with Gasteiger partial charge in [-0.05, 0) is 18.6 Å². The third-order valence-electron chi connectivity index (χ3n) is 1.28. The molecule has 1 nitrogen and oxygen atoms in total. The zero-order chi connectivity index (χ0) is 6.74. The molecule has 0 spiro atoms. The van der Waals surface area contributed by atoms with Crippen molar-refractivity contribution in [2.45, 2.75) is 11.5 Å². The number of allylic oxidation sites excluding steroid dienone is 2. The van der Waals surface area contributed by atoms with Crippen molar-refractivity contribution in [1.29, 1.82) is 0 Å². The number of methoxy groups -OCH3 is 1. The molecule has 0 atom stereocenters. The predicted octanol–water partition coefficient (Wildman–Crippen LogP) is 2.08. The quantitative estimate of drug-likeness (QED) is 0.405.